The van der Waals surface area contributed by atoms with Crippen LogP contribution in [0.3, 0.4) is 0 Å². The van der Waals surface area contributed by atoms with Crippen LogP contribution in [0.1, 0.15) is 5.56 Å². The molecular formula is C14H12F3NO. The van der Waals surface area contributed by atoms with E-state index in [1.54, 1.807) is 24.3 Å². The summed E-state index contributed by atoms with van der Waals surface area (Å²) in [7, 11) is 1.46. The summed E-state index contributed by atoms with van der Waals surface area (Å²) in [6.07, 6.45) is -4.37. The average molecular weight is 267 g/mol. The summed E-state index contributed by atoms with van der Waals surface area (Å²) in [6.45, 7) is 0. The highest BCUT2D eigenvalue weighted by molar-refractivity contribution is 5.80. The zero-order valence-corrected chi connectivity index (χ0v) is 10.2. The molecule has 0 radical (unpaired) electrons. The van der Waals surface area contributed by atoms with Crippen LogP contribution in [0.25, 0.3) is 11.1 Å². The lowest BCUT2D eigenvalue weighted by molar-refractivity contribution is -0.137. The fraction of sp³-hybridized carbons (Fsp3) is 0.143. The number of benzene rings is 2. The second kappa shape index (κ2) is 4.84. The highest BCUT2D eigenvalue weighted by Crippen LogP contribution is 2.36. The molecule has 2 N–H and O–H groups in total. The minimum Gasteiger partial charge on any atom is -0.495 e. The van der Waals surface area contributed by atoms with Gasteiger partial charge in [-0.05, 0) is 23.8 Å². The largest absolute Gasteiger partial charge is 0.495 e. The van der Waals surface area contributed by atoms with Crippen molar-refractivity contribution in [1.29, 1.82) is 0 Å². The summed E-state index contributed by atoms with van der Waals surface area (Å²) >= 11 is 0. The Morgan fingerprint density at radius 1 is 1.05 bits per heavy atom. The van der Waals surface area contributed by atoms with Gasteiger partial charge in [-0.1, -0.05) is 24.3 Å². The van der Waals surface area contributed by atoms with Crippen molar-refractivity contribution in [2.45, 2.75) is 6.18 Å². The molecule has 0 saturated carbocycles. The molecule has 5 heteroatoms. The van der Waals surface area contributed by atoms with Gasteiger partial charge in [0.15, 0.2) is 0 Å². The maximum absolute atomic E-state index is 12.7. The molecule has 0 aliphatic carbocycles. The minimum absolute atomic E-state index is 0.323. The molecule has 0 unspecified atom stereocenters. The SMILES string of the molecule is COc1cccc(-c2cccc(C(F)(F)F)c2)c1N. The number of para-hydroxylation sites is 1. The highest BCUT2D eigenvalue weighted by Gasteiger charge is 2.30. The third kappa shape index (κ3) is 2.65. The van der Waals surface area contributed by atoms with Crippen molar-refractivity contribution >= 4 is 5.69 Å². The molecular weight excluding hydrogens is 255 g/mol. The van der Waals surface area contributed by atoms with E-state index in [-0.39, 0.29) is 0 Å². The summed E-state index contributed by atoms with van der Waals surface area (Å²) in [4.78, 5) is 0. The van der Waals surface area contributed by atoms with Crippen LogP contribution in [-0.2, 0) is 6.18 Å². The molecule has 19 heavy (non-hydrogen) atoms. The van der Waals surface area contributed by atoms with Crippen molar-refractivity contribution < 1.29 is 17.9 Å². The van der Waals surface area contributed by atoms with Crippen molar-refractivity contribution in [3.05, 3.63) is 48.0 Å². The van der Waals surface area contributed by atoms with Crippen LogP contribution < -0.4 is 10.5 Å². The fourth-order valence-electron chi connectivity index (χ4n) is 1.84. The van der Waals surface area contributed by atoms with Crippen LogP contribution in [0.4, 0.5) is 18.9 Å². The van der Waals surface area contributed by atoms with Crippen molar-refractivity contribution in [1.82, 2.24) is 0 Å². The Hall–Kier alpha value is -2.17. The second-order valence-corrected chi connectivity index (χ2v) is 4.00. The van der Waals surface area contributed by atoms with E-state index in [0.29, 0.717) is 22.6 Å². The number of hydrogen-bond acceptors (Lipinski definition) is 2. The molecule has 2 aromatic rings. The number of rotatable bonds is 2. The van der Waals surface area contributed by atoms with Gasteiger partial charge in [0, 0.05) is 5.56 Å². The standard InChI is InChI=1S/C14H12F3NO/c1-19-12-7-3-6-11(13(12)18)9-4-2-5-10(8-9)14(15,16)17/h2-8H,18H2,1H3. The first-order valence-electron chi connectivity index (χ1n) is 5.53. The second-order valence-electron chi connectivity index (χ2n) is 4.00. The summed E-state index contributed by atoms with van der Waals surface area (Å²) in [5.41, 5.74) is 6.43. The summed E-state index contributed by atoms with van der Waals surface area (Å²) in [6, 6.07) is 10.0. The van der Waals surface area contributed by atoms with Crippen LogP contribution in [0.5, 0.6) is 5.75 Å². The van der Waals surface area contributed by atoms with Gasteiger partial charge in [0.1, 0.15) is 5.75 Å². The Morgan fingerprint density at radius 3 is 2.37 bits per heavy atom. The Morgan fingerprint density at radius 2 is 1.74 bits per heavy atom. The van der Waals surface area contributed by atoms with Crippen molar-refractivity contribution in [3.8, 4) is 16.9 Å². The number of anilines is 1. The summed E-state index contributed by atoms with van der Waals surface area (Å²) in [5.74, 6) is 0.440. The smallest absolute Gasteiger partial charge is 0.416 e. The van der Waals surface area contributed by atoms with Gasteiger partial charge in [-0.15, -0.1) is 0 Å². The van der Waals surface area contributed by atoms with E-state index in [1.807, 2.05) is 0 Å². The molecule has 0 saturated heterocycles. The Kier molecular flexibility index (Phi) is 3.38. The molecule has 0 amide bonds. The molecule has 0 bridgehead atoms. The first-order valence-corrected chi connectivity index (χ1v) is 5.53. The first-order chi connectivity index (χ1) is 8.93. The topological polar surface area (TPSA) is 35.2 Å². The Labute approximate surface area is 108 Å². The van der Waals surface area contributed by atoms with E-state index in [1.165, 1.54) is 13.2 Å². The number of halogens is 3. The van der Waals surface area contributed by atoms with Gasteiger partial charge in [-0.25, -0.2) is 0 Å². The zero-order chi connectivity index (χ0) is 14.0. The number of ether oxygens (including phenoxy) is 1. The fourth-order valence-corrected chi connectivity index (χ4v) is 1.84. The van der Waals surface area contributed by atoms with E-state index in [9.17, 15) is 13.2 Å². The van der Waals surface area contributed by atoms with Crippen LogP contribution >= 0.6 is 0 Å². The van der Waals surface area contributed by atoms with E-state index < -0.39 is 11.7 Å². The predicted octanol–water partition coefficient (Wildman–Crippen LogP) is 3.96. The maximum atomic E-state index is 12.7. The zero-order valence-electron chi connectivity index (χ0n) is 10.2. The molecule has 0 atom stereocenters. The molecule has 0 heterocycles. The third-order valence-electron chi connectivity index (χ3n) is 2.79. The lowest BCUT2D eigenvalue weighted by atomic mass is 10.0. The van der Waals surface area contributed by atoms with Gasteiger partial charge < -0.3 is 10.5 Å². The van der Waals surface area contributed by atoms with Gasteiger partial charge in [0.2, 0.25) is 0 Å². The summed E-state index contributed by atoms with van der Waals surface area (Å²) < 4.78 is 43.1. The normalized spacial score (nSPS) is 11.4. The lowest BCUT2D eigenvalue weighted by Gasteiger charge is -2.12. The maximum Gasteiger partial charge on any atom is 0.416 e. The minimum atomic E-state index is -4.37. The molecule has 100 valence electrons. The predicted molar refractivity (Wildman–Crippen MR) is 67.8 cm³/mol. The first kappa shape index (κ1) is 13.3. The Bertz CT molecular complexity index is 593. The Balaban J connectivity index is 2.54. The van der Waals surface area contributed by atoms with Gasteiger partial charge in [-0.2, -0.15) is 13.2 Å². The van der Waals surface area contributed by atoms with Crippen molar-refractivity contribution in [2.75, 3.05) is 12.8 Å². The van der Waals surface area contributed by atoms with E-state index in [0.717, 1.165) is 12.1 Å². The molecule has 2 nitrogen and oxygen atoms in total. The number of alkyl halides is 3. The number of methoxy groups -OCH3 is 1. The van der Waals surface area contributed by atoms with Crippen molar-refractivity contribution in [2.24, 2.45) is 0 Å². The van der Waals surface area contributed by atoms with Gasteiger partial charge in [-0.3, -0.25) is 0 Å². The van der Waals surface area contributed by atoms with E-state index >= 15 is 0 Å². The van der Waals surface area contributed by atoms with Crippen LogP contribution in [-0.4, -0.2) is 7.11 Å². The molecule has 0 spiro atoms. The van der Waals surface area contributed by atoms with E-state index in [2.05, 4.69) is 0 Å². The number of nitrogens with two attached hydrogens (primary N) is 1. The van der Waals surface area contributed by atoms with Crippen LogP contribution in [0.2, 0.25) is 0 Å². The lowest BCUT2D eigenvalue weighted by Crippen LogP contribution is -2.04. The molecule has 0 fully saturated rings. The molecule has 2 aromatic carbocycles. The third-order valence-corrected chi connectivity index (χ3v) is 2.79. The number of nitrogen functional groups attached to an aromatic ring is 1. The molecule has 0 aliphatic heterocycles. The van der Waals surface area contributed by atoms with Crippen molar-refractivity contribution in [3.63, 3.8) is 0 Å². The molecule has 0 aliphatic rings. The van der Waals surface area contributed by atoms with Gasteiger partial charge >= 0.3 is 6.18 Å². The van der Waals surface area contributed by atoms with Crippen LogP contribution in [0.15, 0.2) is 42.5 Å². The quantitative estimate of drug-likeness (QED) is 0.836. The van der Waals surface area contributed by atoms with Crippen LogP contribution in [0, 0.1) is 0 Å². The van der Waals surface area contributed by atoms with Gasteiger partial charge in [0.25, 0.3) is 0 Å². The summed E-state index contributed by atoms with van der Waals surface area (Å²) in [5, 5.41) is 0. The molecule has 0 aromatic heterocycles. The van der Waals surface area contributed by atoms with Gasteiger partial charge in [0.05, 0.1) is 18.4 Å². The average Bonchev–Trinajstić information content (AvgIpc) is 2.38. The molecule has 2 rings (SSSR count). The highest BCUT2D eigenvalue weighted by atomic mass is 19.4. The monoisotopic (exact) mass is 267 g/mol. The number of hydrogen-bond donors (Lipinski definition) is 1. The van der Waals surface area contributed by atoms with E-state index in [4.69, 9.17) is 10.5 Å².